The molecule has 0 N–H and O–H groups in total. The maximum absolute atomic E-state index is 14.0. The Balaban J connectivity index is 2.18. The van der Waals surface area contributed by atoms with E-state index in [-0.39, 0.29) is 12.0 Å². The quantitative estimate of drug-likeness (QED) is 0.810. The van der Waals surface area contributed by atoms with Crippen LogP contribution in [0.5, 0.6) is 0 Å². The standard InChI is InChI=1S/C14H15FN2O/c1-2-12-10-6-5-7-11(15)14(10)17(16-12)13-8-3-4-9-18-13/h2,5-7,13H,1,3-4,8-9H2. The Labute approximate surface area is 105 Å². The summed E-state index contributed by atoms with van der Waals surface area (Å²) >= 11 is 0. The lowest BCUT2D eigenvalue weighted by Crippen LogP contribution is -2.19. The van der Waals surface area contributed by atoms with Crippen molar-refractivity contribution >= 4 is 17.0 Å². The number of aromatic nitrogens is 2. The van der Waals surface area contributed by atoms with E-state index in [1.165, 1.54) is 6.07 Å². The molecule has 0 bridgehead atoms. The molecule has 0 aliphatic carbocycles. The lowest BCUT2D eigenvalue weighted by atomic mass is 10.1. The molecule has 1 saturated heterocycles. The highest BCUT2D eigenvalue weighted by molar-refractivity contribution is 5.87. The Morgan fingerprint density at radius 1 is 1.44 bits per heavy atom. The first-order chi connectivity index (χ1) is 8.81. The van der Waals surface area contributed by atoms with E-state index in [0.29, 0.717) is 17.8 Å². The highest BCUT2D eigenvalue weighted by atomic mass is 19.1. The molecule has 3 nitrogen and oxygen atoms in total. The average molecular weight is 246 g/mol. The van der Waals surface area contributed by atoms with Gasteiger partial charge in [-0.2, -0.15) is 5.10 Å². The number of para-hydroxylation sites is 1. The van der Waals surface area contributed by atoms with Crippen molar-refractivity contribution < 1.29 is 9.13 Å². The van der Waals surface area contributed by atoms with E-state index < -0.39 is 0 Å². The van der Waals surface area contributed by atoms with Crippen molar-refractivity contribution in [2.75, 3.05) is 6.61 Å². The molecule has 94 valence electrons. The van der Waals surface area contributed by atoms with E-state index in [1.807, 2.05) is 6.07 Å². The van der Waals surface area contributed by atoms with Gasteiger partial charge in [-0.15, -0.1) is 0 Å². The van der Waals surface area contributed by atoms with Crippen LogP contribution in [0.4, 0.5) is 4.39 Å². The van der Waals surface area contributed by atoms with Crippen LogP contribution in [0.2, 0.25) is 0 Å². The van der Waals surface area contributed by atoms with Gasteiger partial charge in [-0.05, 0) is 31.4 Å². The summed E-state index contributed by atoms with van der Waals surface area (Å²) in [4.78, 5) is 0. The number of fused-ring (bicyclic) bond motifs is 1. The molecule has 3 rings (SSSR count). The number of ether oxygens (including phenoxy) is 1. The van der Waals surface area contributed by atoms with Crippen LogP contribution in [-0.4, -0.2) is 16.4 Å². The first kappa shape index (κ1) is 11.4. The maximum atomic E-state index is 14.0. The minimum atomic E-state index is -0.262. The molecule has 1 aromatic carbocycles. The van der Waals surface area contributed by atoms with Crippen molar-refractivity contribution in [3.63, 3.8) is 0 Å². The van der Waals surface area contributed by atoms with Gasteiger partial charge in [0.1, 0.15) is 11.3 Å². The lowest BCUT2D eigenvalue weighted by molar-refractivity contribution is -0.0369. The van der Waals surface area contributed by atoms with E-state index >= 15 is 0 Å². The molecular weight excluding hydrogens is 231 g/mol. The molecule has 2 aromatic rings. The van der Waals surface area contributed by atoms with Crippen molar-refractivity contribution in [2.45, 2.75) is 25.5 Å². The fraction of sp³-hybridized carbons (Fsp3) is 0.357. The average Bonchev–Trinajstić information content (AvgIpc) is 2.80. The minimum Gasteiger partial charge on any atom is -0.356 e. The van der Waals surface area contributed by atoms with Crippen LogP contribution in [0.1, 0.15) is 31.2 Å². The normalized spacial score (nSPS) is 20.2. The van der Waals surface area contributed by atoms with Gasteiger partial charge in [0.25, 0.3) is 0 Å². The third-order valence-electron chi connectivity index (χ3n) is 3.33. The fourth-order valence-electron chi connectivity index (χ4n) is 2.45. The first-order valence-corrected chi connectivity index (χ1v) is 6.22. The molecule has 18 heavy (non-hydrogen) atoms. The van der Waals surface area contributed by atoms with Crippen LogP contribution >= 0.6 is 0 Å². The predicted molar refractivity (Wildman–Crippen MR) is 68.6 cm³/mol. The highest BCUT2D eigenvalue weighted by Crippen LogP contribution is 2.29. The van der Waals surface area contributed by atoms with Gasteiger partial charge in [0.2, 0.25) is 0 Å². The zero-order chi connectivity index (χ0) is 12.5. The minimum absolute atomic E-state index is 0.160. The molecule has 0 spiro atoms. The van der Waals surface area contributed by atoms with Gasteiger partial charge in [-0.25, -0.2) is 9.07 Å². The SMILES string of the molecule is C=Cc1nn(C2CCCCO2)c2c(F)cccc12. The van der Waals surface area contributed by atoms with E-state index in [9.17, 15) is 4.39 Å². The predicted octanol–water partition coefficient (Wildman–Crippen LogP) is 3.52. The Kier molecular flexibility index (Phi) is 2.88. The Bertz CT molecular complexity index is 585. The molecule has 0 amide bonds. The molecular formula is C14H15FN2O. The van der Waals surface area contributed by atoms with Crippen LogP contribution < -0.4 is 0 Å². The van der Waals surface area contributed by atoms with Crippen molar-refractivity contribution in [3.8, 4) is 0 Å². The molecule has 0 saturated carbocycles. The van der Waals surface area contributed by atoms with Gasteiger partial charge in [0.15, 0.2) is 6.23 Å². The summed E-state index contributed by atoms with van der Waals surface area (Å²) in [6.45, 7) is 4.44. The number of benzene rings is 1. The van der Waals surface area contributed by atoms with Gasteiger partial charge in [0.05, 0.1) is 5.69 Å². The van der Waals surface area contributed by atoms with E-state index in [0.717, 1.165) is 24.6 Å². The van der Waals surface area contributed by atoms with Gasteiger partial charge < -0.3 is 4.74 Å². The third kappa shape index (κ3) is 1.73. The molecule has 0 radical (unpaired) electrons. The Morgan fingerprint density at radius 3 is 3.06 bits per heavy atom. The topological polar surface area (TPSA) is 27.1 Å². The second-order valence-corrected chi connectivity index (χ2v) is 4.49. The lowest BCUT2D eigenvalue weighted by Gasteiger charge is -2.23. The van der Waals surface area contributed by atoms with E-state index in [2.05, 4.69) is 11.7 Å². The number of halogens is 1. The second kappa shape index (κ2) is 4.53. The number of hydrogen-bond acceptors (Lipinski definition) is 2. The summed E-state index contributed by atoms with van der Waals surface area (Å²) in [7, 11) is 0. The summed E-state index contributed by atoms with van der Waals surface area (Å²) in [5.41, 5.74) is 1.22. The smallest absolute Gasteiger partial charge is 0.151 e. The van der Waals surface area contributed by atoms with E-state index in [4.69, 9.17) is 4.74 Å². The monoisotopic (exact) mass is 246 g/mol. The van der Waals surface area contributed by atoms with Crippen LogP contribution in [-0.2, 0) is 4.74 Å². The van der Waals surface area contributed by atoms with Crippen molar-refractivity contribution in [1.29, 1.82) is 0 Å². The molecule has 1 aliphatic rings. The van der Waals surface area contributed by atoms with Crippen molar-refractivity contribution in [1.82, 2.24) is 9.78 Å². The molecule has 1 atom stereocenters. The molecule has 1 unspecified atom stereocenters. The largest absolute Gasteiger partial charge is 0.356 e. The van der Waals surface area contributed by atoms with Crippen molar-refractivity contribution in [3.05, 3.63) is 36.3 Å². The number of hydrogen-bond donors (Lipinski definition) is 0. The second-order valence-electron chi connectivity index (χ2n) is 4.49. The van der Waals surface area contributed by atoms with Crippen LogP contribution in [0.15, 0.2) is 24.8 Å². The van der Waals surface area contributed by atoms with Crippen molar-refractivity contribution in [2.24, 2.45) is 0 Å². The summed E-state index contributed by atoms with van der Waals surface area (Å²) in [5.74, 6) is -0.262. The molecule has 4 heteroatoms. The van der Waals surface area contributed by atoms with E-state index in [1.54, 1.807) is 16.8 Å². The summed E-state index contributed by atoms with van der Waals surface area (Å²) in [6, 6.07) is 5.01. The third-order valence-corrected chi connectivity index (χ3v) is 3.33. The first-order valence-electron chi connectivity index (χ1n) is 6.22. The number of nitrogens with zero attached hydrogens (tertiary/aromatic N) is 2. The van der Waals surface area contributed by atoms with Gasteiger partial charge >= 0.3 is 0 Å². The zero-order valence-corrected chi connectivity index (χ0v) is 10.1. The van der Waals surface area contributed by atoms with Crippen LogP contribution in [0, 0.1) is 5.82 Å². The van der Waals surface area contributed by atoms with Crippen LogP contribution in [0.3, 0.4) is 0 Å². The van der Waals surface area contributed by atoms with Gasteiger partial charge in [0, 0.05) is 12.0 Å². The Morgan fingerprint density at radius 2 is 2.33 bits per heavy atom. The number of rotatable bonds is 2. The summed E-state index contributed by atoms with van der Waals surface area (Å²) in [5, 5.41) is 5.22. The van der Waals surface area contributed by atoms with Gasteiger partial charge in [-0.3, -0.25) is 0 Å². The summed E-state index contributed by atoms with van der Waals surface area (Å²) in [6.07, 6.45) is 4.52. The highest BCUT2D eigenvalue weighted by Gasteiger charge is 2.21. The summed E-state index contributed by atoms with van der Waals surface area (Å²) < 4.78 is 21.4. The van der Waals surface area contributed by atoms with Crippen LogP contribution in [0.25, 0.3) is 17.0 Å². The zero-order valence-electron chi connectivity index (χ0n) is 10.1. The molecule has 2 heterocycles. The molecule has 1 aromatic heterocycles. The maximum Gasteiger partial charge on any atom is 0.151 e. The molecule has 1 fully saturated rings. The van der Waals surface area contributed by atoms with Gasteiger partial charge in [-0.1, -0.05) is 18.7 Å². The molecule has 1 aliphatic heterocycles. The fourth-order valence-corrected chi connectivity index (χ4v) is 2.45. The Hall–Kier alpha value is -1.68.